The van der Waals surface area contributed by atoms with Crippen molar-refractivity contribution in [1.29, 1.82) is 0 Å². The fraction of sp³-hybridized carbons (Fsp3) is 0. The molecule has 0 unspecified atom stereocenters. The maximum atomic E-state index is 4.48. The quantitative estimate of drug-likeness (QED) is 0.0929. The molecule has 56 heavy (non-hydrogen) atoms. The summed E-state index contributed by atoms with van der Waals surface area (Å²) in [5.41, 5.74) is 12.8. The monoisotopic (exact) mass is 720 g/mol. The number of azo groups is 1. The predicted molar refractivity (Wildman–Crippen MR) is 237 cm³/mol. The van der Waals surface area contributed by atoms with Gasteiger partial charge < -0.3 is 9.80 Å². The van der Waals surface area contributed by atoms with Crippen molar-refractivity contribution >= 4 is 69.8 Å². The van der Waals surface area contributed by atoms with Crippen molar-refractivity contribution in [3.05, 3.63) is 241 Å². The summed E-state index contributed by atoms with van der Waals surface area (Å²) in [6.45, 7) is 0. The van der Waals surface area contributed by atoms with E-state index in [0.29, 0.717) is 0 Å². The highest BCUT2D eigenvalue weighted by Crippen LogP contribution is 2.36. The molecule has 0 aliphatic heterocycles. The zero-order valence-corrected chi connectivity index (χ0v) is 30.9. The van der Waals surface area contributed by atoms with Crippen LogP contribution >= 0.6 is 0 Å². The van der Waals surface area contributed by atoms with E-state index in [9.17, 15) is 0 Å². The molecular weight excluding hydrogens is 681 g/mol. The van der Waals surface area contributed by atoms with E-state index in [1.165, 1.54) is 0 Å². The van der Waals surface area contributed by atoms with Crippen molar-refractivity contribution in [3.63, 3.8) is 0 Å². The van der Waals surface area contributed by atoms with Gasteiger partial charge in [-0.2, -0.15) is 10.2 Å². The van der Waals surface area contributed by atoms with Crippen molar-refractivity contribution < 1.29 is 0 Å². The standard InChI is InChI=1S/C52H40N4/c1-5-13-47(14-6-1)55(48-15-7-2-8-16-48)51-37-29-43(30-38-51)23-21-41-25-33-45(34-26-41)53-54-46-35-27-42(28-36-46)22-24-44-31-39-52(40-32-44)56(49-17-9-3-10-18-49)50-19-11-4-12-20-50/h1-40H/b23-21+,24-22+,54-53?. The Bertz CT molecular complexity index is 2250. The van der Waals surface area contributed by atoms with E-state index in [2.05, 4.69) is 214 Å². The van der Waals surface area contributed by atoms with E-state index < -0.39 is 0 Å². The van der Waals surface area contributed by atoms with E-state index in [1.807, 2.05) is 48.5 Å². The summed E-state index contributed by atoms with van der Waals surface area (Å²) in [6.07, 6.45) is 8.50. The topological polar surface area (TPSA) is 31.2 Å². The van der Waals surface area contributed by atoms with Gasteiger partial charge in [0.15, 0.2) is 0 Å². The number of nitrogens with zero attached hydrogens (tertiary/aromatic N) is 4. The molecule has 0 radical (unpaired) electrons. The van der Waals surface area contributed by atoms with Gasteiger partial charge in [-0.15, -0.1) is 0 Å². The normalized spacial score (nSPS) is 11.4. The molecule has 0 aliphatic rings. The van der Waals surface area contributed by atoms with E-state index in [4.69, 9.17) is 0 Å². The van der Waals surface area contributed by atoms with Crippen LogP contribution in [0.2, 0.25) is 0 Å². The van der Waals surface area contributed by atoms with Gasteiger partial charge in [-0.3, -0.25) is 0 Å². The number of benzene rings is 8. The molecule has 8 aromatic carbocycles. The van der Waals surface area contributed by atoms with Crippen LogP contribution in [0.3, 0.4) is 0 Å². The van der Waals surface area contributed by atoms with Crippen LogP contribution in [0.1, 0.15) is 22.3 Å². The maximum Gasteiger partial charge on any atom is 0.0857 e. The van der Waals surface area contributed by atoms with Crippen LogP contribution in [0.5, 0.6) is 0 Å². The molecule has 0 saturated carbocycles. The Kier molecular flexibility index (Phi) is 11.1. The minimum Gasteiger partial charge on any atom is -0.311 e. The van der Waals surface area contributed by atoms with Gasteiger partial charge in [0.1, 0.15) is 0 Å². The highest BCUT2D eigenvalue weighted by Gasteiger charge is 2.12. The minimum atomic E-state index is 0.805. The van der Waals surface area contributed by atoms with Crippen molar-refractivity contribution in [3.8, 4) is 0 Å². The van der Waals surface area contributed by atoms with Crippen molar-refractivity contribution in [2.75, 3.05) is 9.80 Å². The summed E-state index contributed by atoms with van der Waals surface area (Å²) in [6, 6.07) is 75.3. The molecule has 0 spiro atoms. The number of para-hydroxylation sites is 4. The Balaban J connectivity index is 0.869. The lowest BCUT2D eigenvalue weighted by Crippen LogP contribution is -2.09. The lowest BCUT2D eigenvalue weighted by Gasteiger charge is -2.25. The molecule has 0 N–H and O–H groups in total. The third-order valence-corrected chi connectivity index (χ3v) is 9.36. The number of hydrogen-bond donors (Lipinski definition) is 0. The van der Waals surface area contributed by atoms with Crippen LogP contribution in [-0.2, 0) is 0 Å². The maximum absolute atomic E-state index is 4.48. The Hall–Kier alpha value is -7.56. The molecule has 0 aliphatic carbocycles. The fourth-order valence-corrected chi connectivity index (χ4v) is 6.48. The third kappa shape index (κ3) is 8.96. The van der Waals surface area contributed by atoms with Crippen molar-refractivity contribution in [1.82, 2.24) is 0 Å². The van der Waals surface area contributed by atoms with Gasteiger partial charge in [-0.25, -0.2) is 0 Å². The van der Waals surface area contributed by atoms with E-state index in [-0.39, 0.29) is 0 Å². The second-order valence-corrected chi connectivity index (χ2v) is 13.2. The highest BCUT2D eigenvalue weighted by atomic mass is 15.1. The molecule has 0 bridgehead atoms. The Morgan fingerprint density at radius 3 is 0.696 bits per heavy atom. The number of rotatable bonds is 12. The first-order valence-corrected chi connectivity index (χ1v) is 18.7. The van der Waals surface area contributed by atoms with Crippen molar-refractivity contribution in [2.24, 2.45) is 10.2 Å². The molecule has 8 rings (SSSR count). The first-order valence-electron chi connectivity index (χ1n) is 18.7. The minimum absolute atomic E-state index is 0.805. The first-order chi connectivity index (χ1) is 27.7. The van der Waals surface area contributed by atoms with Crippen molar-refractivity contribution in [2.45, 2.75) is 0 Å². The van der Waals surface area contributed by atoms with Gasteiger partial charge in [0, 0.05) is 34.1 Å². The lowest BCUT2D eigenvalue weighted by molar-refractivity contribution is 1.23. The van der Waals surface area contributed by atoms with E-state index in [0.717, 1.165) is 67.8 Å². The van der Waals surface area contributed by atoms with Crippen LogP contribution < -0.4 is 9.80 Å². The molecule has 268 valence electrons. The average Bonchev–Trinajstić information content (AvgIpc) is 3.27. The van der Waals surface area contributed by atoms with E-state index in [1.54, 1.807) is 0 Å². The first kappa shape index (κ1) is 35.5. The summed E-state index contributed by atoms with van der Waals surface area (Å²) in [5, 5.41) is 8.95. The molecule has 4 nitrogen and oxygen atoms in total. The third-order valence-electron chi connectivity index (χ3n) is 9.36. The summed E-state index contributed by atoms with van der Waals surface area (Å²) >= 11 is 0. The Morgan fingerprint density at radius 2 is 0.446 bits per heavy atom. The largest absolute Gasteiger partial charge is 0.311 e. The zero-order valence-electron chi connectivity index (χ0n) is 30.9. The average molecular weight is 721 g/mol. The van der Waals surface area contributed by atoms with Gasteiger partial charge in [-0.1, -0.05) is 146 Å². The van der Waals surface area contributed by atoms with Crippen LogP contribution in [0.15, 0.2) is 229 Å². The Labute approximate surface area is 329 Å². The molecular formula is C52H40N4. The smallest absolute Gasteiger partial charge is 0.0857 e. The fourth-order valence-electron chi connectivity index (χ4n) is 6.48. The predicted octanol–water partition coefficient (Wildman–Crippen LogP) is 15.4. The summed E-state index contributed by atoms with van der Waals surface area (Å²) in [4.78, 5) is 4.53. The molecule has 0 atom stereocenters. The van der Waals surface area contributed by atoms with E-state index >= 15 is 0 Å². The second kappa shape index (κ2) is 17.5. The molecule has 0 fully saturated rings. The summed E-state index contributed by atoms with van der Waals surface area (Å²) in [5.74, 6) is 0. The van der Waals surface area contributed by atoms with Gasteiger partial charge >= 0.3 is 0 Å². The molecule has 0 aromatic heterocycles. The van der Waals surface area contributed by atoms with Crippen LogP contribution in [0, 0.1) is 0 Å². The molecule has 0 heterocycles. The number of hydrogen-bond acceptors (Lipinski definition) is 4. The van der Waals surface area contributed by atoms with Gasteiger partial charge in [0.2, 0.25) is 0 Å². The SMILES string of the molecule is C(=C\c1ccc(N(c2ccccc2)c2ccccc2)cc1)/c1ccc(N=Nc2ccc(/C=C/c3ccc(N(c4ccccc4)c4ccccc4)cc3)cc2)cc1. The summed E-state index contributed by atoms with van der Waals surface area (Å²) in [7, 11) is 0. The molecule has 4 heteroatoms. The lowest BCUT2D eigenvalue weighted by atomic mass is 10.1. The van der Waals surface area contributed by atoms with Crippen LogP contribution in [0.4, 0.5) is 45.5 Å². The Morgan fingerprint density at radius 1 is 0.232 bits per heavy atom. The molecule has 8 aromatic rings. The van der Waals surface area contributed by atoms with Gasteiger partial charge in [0.05, 0.1) is 11.4 Å². The highest BCUT2D eigenvalue weighted by molar-refractivity contribution is 5.79. The van der Waals surface area contributed by atoms with Gasteiger partial charge in [-0.05, 0) is 119 Å². The number of anilines is 6. The second-order valence-electron chi connectivity index (χ2n) is 13.2. The van der Waals surface area contributed by atoms with Crippen LogP contribution in [0.25, 0.3) is 24.3 Å². The zero-order chi connectivity index (χ0) is 37.8. The van der Waals surface area contributed by atoms with Gasteiger partial charge in [0.25, 0.3) is 0 Å². The van der Waals surface area contributed by atoms with Crippen LogP contribution in [-0.4, -0.2) is 0 Å². The summed E-state index contributed by atoms with van der Waals surface area (Å²) < 4.78 is 0. The molecule has 0 amide bonds. The molecule has 0 saturated heterocycles.